The molecule has 2 atom stereocenters. The molecule has 4 heteroatoms. The summed E-state index contributed by atoms with van der Waals surface area (Å²) in [5.41, 5.74) is 6.80. The lowest BCUT2D eigenvalue weighted by molar-refractivity contribution is -0.123. The third-order valence-electron chi connectivity index (χ3n) is 2.91. The van der Waals surface area contributed by atoms with Crippen molar-refractivity contribution >= 4 is 5.91 Å². The Bertz CT molecular complexity index is 376. The molecule has 0 spiro atoms. The lowest BCUT2D eigenvalue weighted by Gasteiger charge is -2.17. The molecular weight excluding hydrogens is 228 g/mol. The van der Waals surface area contributed by atoms with Crippen molar-refractivity contribution in [2.75, 3.05) is 7.11 Å². The average molecular weight is 250 g/mol. The van der Waals surface area contributed by atoms with E-state index in [2.05, 4.69) is 5.32 Å². The Kier molecular flexibility index (Phi) is 5.65. The monoisotopic (exact) mass is 250 g/mol. The van der Waals surface area contributed by atoms with Crippen LogP contribution >= 0.6 is 0 Å². The van der Waals surface area contributed by atoms with Crippen LogP contribution in [0.4, 0.5) is 0 Å². The molecule has 4 nitrogen and oxygen atoms in total. The quantitative estimate of drug-likeness (QED) is 0.811. The van der Waals surface area contributed by atoms with Crippen molar-refractivity contribution in [3.8, 4) is 5.75 Å². The standard InChI is InChI=1S/C14H22N2O2/c1-4-5-13(15)14(17)16-10(2)11-6-8-12(18-3)9-7-11/h6-10,13H,4-5,15H2,1-3H3,(H,16,17)/t10-,13+/m1/s1. The zero-order chi connectivity index (χ0) is 13.5. The topological polar surface area (TPSA) is 64.4 Å². The SMILES string of the molecule is CCC[C@H](N)C(=O)N[C@H](C)c1ccc(OC)cc1. The Morgan fingerprint density at radius 1 is 1.39 bits per heavy atom. The molecule has 1 aromatic rings. The molecule has 1 aromatic carbocycles. The van der Waals surface area contributed by atoms with Crippen LogP contribution in [0.3, 0.4) is 0 Å². The van der Waals surface area contributed by atoms with Crippen LogP contribution in [-0.2, 0) is 4.79 Å². The fourth-order valence-corrected chi connectivity index (χ4v) is 1.74. The number of ether oxygens (including phenoxy) is 1. The van der Waals surface area contributed by atoms with Crippen LogP contribution in [0.5, 0.6) is 5.75 Å². The summed E-state index contributed by atoms with van der Waals surface area (Å²) in [5, 5.41) is 2.91. The molecule has 0 heterocycles. The minimum atomic E-state index is -0.421. The molecule has 0 bridgehead atoms. The molecule has 18 heavy (non-hydrogen) atoms. The molecule has 3 N–H and O–H groups in total. The number of hydrogen-bond donors (Lipinski definition) is 2. The Morgan fingerprint density at radius 3 is 2.50 bits per heavy atom. The molecule has 0 saturated carbocycles. The zero-order valence-electron chi connectivity index (χ0n) is 11.3. The van der Waals surface area contributed by atoms with Crippen LogP contribution in [0.25, 0.3) is 0 Å². The largest absolute Gasteiger partial charge is 0.497 e. The molecule has 0 radical (unpaired) electrons. The fourth-order valence-electron chi connectivity index (χ4n) is 1.74. The van der Waals surface area contributed by atoms with Gasteiger partial charge in [-0.3, -0.25) is 4.79 Å². The molecular formula is C14H22N2O2. The molecule has 0 aliphatic carbocycles. The van der Waals surface area contributed by atoms with Gasteiger partial charge in [-0.2, -0.15) is 0 Å². The first-order valence-corrected chi connectivity index (χ1v) is 6.28. The van der Waals surface area contributed by atoms with Gasteiger partial charge >= 0.3 is 0 Å². The molecule has 0 fully saturated rings. The number of rotatable bonds is 6. The van der Waals surface area contributed by atoms with Crippen LogP contribution in [-0.4, -0.2) is 19.1 Å². The number of benzene rings is 1. The van der Waals surface area contributed by atoms with Gasteiger partial charge in [0.2, 0.25) is 5.91 Å². The molecule has 1 amide bonds. The van der Waals surface area contributed by atoms with E-state index in [1.807, 2.05) is 38.1 Å². The van der Waals surface area contributed by atoms with Gasteiger partial charge in [-0.1, -0.05) is 25.5 Å². The summed E-state index contributed by atoms with van der Waals surface area (Å²) in [6, 6.07) is 7.17. The maximum absolute atomic E-state index is 11.8. The normalized spacial score (nSPS) is 13.8. The van der Waals surface area contributed by atoms with E-state index in [0.29, 0.717) is 6.42 Å². The summed E-state index contributed by atoms with van der Waals surface area (Å²) in [7, 11) is 1.63. The summed E-state index contributed by atoms with van der Waals surface area (Å²) in [4.78, 5) is 11.8. The highest BCUT2D eigenvalue weighted by atomic mass is 16.5. The smallest absolute Gasteiger partial charge is 0.237 e. The molecule has 0 aliphatic heterocycles. The lowest BCUT2D eigenvalue weighted by Crippen LogP contribution is -2.41. The van der Waals surface area contributed by atoms with E-state index in [4.69, 9.17) is 10.5 Å². The van der Waals surface area contributed by atoms with Gasteiger partial charge in [-0.05, 0) is 31.0 Å². The van der Waals surface area contributed by atoms with Gasteiger partial charge in [0.25, 0.3) is 0 Å². The highest BCUT2D eigenvalue weighted by Gasteiger charge is 2.15. The molecule has 0 aromatic heterocycles. The van der Waals surface area contributed by atoms with Gasteiger partial charge < -0.3 is 15.8 Å². The maximum atomic E-state index is 11.8. The highest BCUT2D eigenvalue weighted by Crippen LogP contribution is 2.17. The van der Waals surface area contributed by atoms with Gasteiger partial charge in [0.15, 0.2) is 0 Å². The summed E-state index contributed by atoms with van der Waals surface area (Å²) in [5.74, 6) is 0.708. The predicted molar refractivity (Wildman–Crippen MR) is 72.4 cm³/mol. The van der Waals surface area contributed by atoms with Crippen molar-refractivity contribution in [1.82, 2.24) is 5.32 Å². The van der Waals surface area contributed by atoms with Crippen LogP contribution in [0.1, 0.15) is 38.3 Å². The third kappa shape index (κ3) is 4.04. The minimum Gasteiger partial charge on any atom is -0.497 e. The molecule has 100 valence electrons. The summed E-state index contributed by atoms with van der Waals surface area (Å²) in [6.45, 7) is 3.96. The number of nitrogens with two attached hydrogens (primary N) is 1. The first kappa shape index (κ1) is 14.5. The number of carbonyl (C=O) groups excluding carboxylic acids is 1. The van der Waals surface area contributed by atoms with Crippen molar-refractivity contribution in [1.29, 1.82) is 0 Å². The predicted octanol–water partition coefficient (Wildman–Crippen LogP) is 2.00. The van der Waals surface area contributed by atoms with Gasteiger partial charge in [0.05, 0.1) is 19.2 Å². The van der Waals surface area contributed by atoms with Gasteiger partial charge in [0, 0.05) is 0 Å². The third-order valence-corrected chi connectivity index (χ3v) is 2.91. The van der Waals surface area contributed by atoms with E-state index in [1.165, 1.54) is 0 Å². The van der Waals surface area contributed by atoms with Crippen LogP contribution in [0, 0.1) is 0 Å². The number of hydrogen-bond acceptors (Lipinski definition) is 3. The summed E-state index contributed by atoms with van der Waals surface area (Å²) in [6.07, 6.45) is 1.62. The van der Waals surface area contributed by atoms with Crippen LogP contribution < -0.4 is 15.8 Å². The van der Waals surface area contributed by atoms with Gasteiger partial charge in [-0.15, -0.1) is 0 Å². The van der Waals surface area contributed by atoms with Crippen molar-refractivity contribution in [3.05, 3.63) is 29.8 Å². The van der Waals surface area contributed by atoms with E-state index in [0.717, 1.165) is 17.7 Å². The number of nitrogens with one attached hydrogen (secondary N) is 1. The average Bonchev–Trinajstić information content (AvgIpc) is 2.39. The Labute approximate surface area is 109 Å². The lowest BCUT2D eigenvalue weighted by atomic mass is 10.1. The van der Waals surface area contributed by atoms with E-state index in [9.17, 15) is 4.79 Å². The van der Waals surface area contributed by atoms with Crippen LogP contribution in [0.15, 0.2) is 24.3 Å². The fraction of sp³-hybridized carbons (Fsp3) is 0.500. The van der Waals surface area contributed by atoms with Crippen molar-refractivity contribution in [3.63, 3.8) is 0 Å². The molecule has 1 rings (SSSR count). The first-order valence-electron chi connectivity index (χ1n) is 6.28. The van der Waals surface area contributed by atoms with E-state index >= 15 is 0 Å². The van der Waals surface area contributed by atoms with Crippen molar-refractivity contribution < 1.29 is 9.53 Å². The van der Waals surface area contributed by atoms with E-state index in [1.54, 1.807) is 7.11 Å². The molecule has 0 aliphatic rings. The van der Waals surface area contributed by atoms with Crippen molar-refractivity contribution in [2.24, 2.45) is 5.73 Å². The number of methoxy groups -OCH3 is 1. The summed E-state index contributed by atoms with van der Waals surface area (Å²) >= 11 is 0. The highest BCUT2D eigenvalue weighted by molar-refractivity contribution is 5.81. The van der Waals surface area contributed by atoms with Gasteiger partial charge in [-0.25, -0.2) is 0 Å². The van der Waals surface area contributed by atoms with E-state index in [-0.39, 0.29) is 11.9 Å². The second kappa shape index (κ2) is 7.01. The van der Waals surface area contributed by atoms with Crippen LogP contribution in [0.2, 0.25) is 0 Å². The zero-order valence-corrected chi connectivity index (χ0v) is 11.3. The maximum Gasteiger partial charge on any atom is 0.237 e. The number of carbonyl (C=O) groups is 1. The first-order chi connectivity index (χ1) is 8.58. The number of amides is 1. The second-order valence-corrected chi connectivity index (χ2v) is 4.40. The minimum absolute atomic E-state index is 0.0497. The van der Waals surface area contributed by atoms with Crippen molar-refractivity contribution in [2.45, 2.75) is 38.8 Å². The molecule has 0 unspecified atom stereocenters. The Balaban J connectivity index is 2.58. The Hall–Kier alpha value is -1.55. The molecule has 0 saturated heterocycles. The second-order valence-electron chi connectivity index (χ2n) is 4.40. The summed E-state index contributed by atoms with van der Waals surface area (Å²) < 4.78 is 5.09. The Morgan fingerprint density at radius 2 is 2.00 bits per heavy atom. The van der Waals surface area contributed by atoms with Gasteiger partial charge in [0.1, 0.15) is 5.75 Å². The van der Waals surface area contributed by atoms with E-state index < -0.39 is 6.04 Å².